The van der Waals surface area contributed by atoms with Gasteiger partial charge in [-0.3, -0.25) is 28.8 Å². The van der Waals surface area contributed by atoms with Gasteiger partial charge in [0.1, 0.15) is 35.1 Å². The summed E-state index contributed by atoms with van der Waals surface area (Å²) in [6.45, 7) is 8.28. The molecule has 6 atom stereocenters. The molecule has 0 bridgehead atoms. The minimum absolute atomic E-state index is 0.0450. The van der Waals surface area contributed by atoms with E-state index in [0.29, 0.717) is 43.2 Å². The second-order valence-electron chi connectivity index (χ2n) is 16.5. The average Bonchev–Trinajstić information content (AvgIpc) is 4.02. The Morgan fingerprint density at radius 2 is 1.84 bits per heavy atom. The molecule has 0 spiro atoms. The molecule has 1 aromatic rings. The highest BCUT2D eigenvalue weighted by Gasteiger charge is 2.62. The average molecular weight is 815 g/mol. The number of carbonyl (C=O) groups is 6. The third-order valence-corrected chi connectivity index (χ3v) is 12.9. The Balaban J connectivity index is 1.32. The van der Waals surface area contributed by atoms with Crippen molar-refractivity contribution < 1.29 is 51.0 Å². The molecule has 3 heterocycles. The lowest BCUT2D eigenvalue weighted by Crippen LogP contribution is -2.59. The molecule has 2 aliphatic carbocycles. The maximum Gasteiger partial charge on any atom is 0.410 e. The van der Waals surface area contributed by atoms with E-state index in [1.54, 1.807) is 46.0 Å². The molecule has 1 unspecified atom stereocenters. The lowest BCUT2D eigenvalue weighted by molar-refractivity contribution is -0.141. The molecule has 3 aliphatic heterocycles. The van der Waals surface area contributed by atoms with Gasteiger partial charge in [-0.05, 0) is 83.4 Å². The Kier molecular flexibility index (Phi) is 11.8. The second-order valence-corrected chi connectivity index (χ2v) is 18.5. The number of halogens is 1. The van der Waals surface area contributed by atoms with Crippen molar-refractivity contribution in [3.05, 3.63) is 60.0 Å². The molecule has 2 saturated carbocycles. The fourth-order valence-electron chi connectivity index (χ4n) is 7.74. The lowest BCUT2D eigenvalue weighted by Gasteiger charge is -2.34. The van der Waals surface area contributed by atoms with E-state index < -0.39 is 98.2 Å². The predicted molar refractivity (Wildman–Crippen MR) is 203 cm³/mol. The van der Waals surface area contributed by atoms with Crippen LogP contribution in [0.4, 0.5) is 14.0 Å². The SMILES string of the molecule is C=CC(=O)N(C)C1CCC/C=C\[C@H]2C[C@@]2(C(=O)NS(=O)(=O)C2CC2)NC(=O)[C@@H]2C[C@@H](OC(=O)N3Cc4cccc(F)c4C3)CN2C(=O)[C@@H](NC(=O)OC(C)(C)C)C1. The number of benzene rings is 1. The number of carbonyl (C=O) groups excluding carboxylic acids is 6. The molecule has 1 saturated heterocycles. The first-order chi connectivity index (χ1) is 26.8. The molecule has 18 heteroatoms. The topological polar surface area (TPSA) is 201 Å². The molecule has 16 nitrogen and oxygen atoms in total. The summed E-state index contributed by atoms with van der Waals surface area (Å²) in [6, 6.07) is 1.25. The predicted octanol–water partition coefficient (Wildman–Crippen LogP) is 2.77. The van der Waals surface area contributed by atoms with Gasteiger partial charge < -0.3 is 29.9 Å². The molecule has 57 heavy (non-hydrogen) atoms. The number of fused-ring (bicyclic) bond motifs is 3. The zero-order valence-corrected chi connectivity index (χ0v) is 33.4. The summed E-state index contributed by atoms with van der Waals surface area (Å²) in [5, 5.41) is 4.71. The van der Waals surface area contributed by atoms with Crippen molar-refractivity contribution in [3.8, 4) is 0 Å². The van der Waals surface area contributed by atoms with Gasteiger partial charge in [-0.2, -0.15) is 0 Å². The number of hydrogen-bond acceptors (Lipinski definition) is 10. The normalized spacial score (nSPS) is 28.3. The van der Waals surface area contributed by atoms with Crippen LogP contribution in [0.15, 0.2) is 43.0 Å². The van der Waals surface area contributed by atoms with Crippen LogP contribution < -0.4 is 15.4 Å². The van der Waals surface area contributed by atoms with Gasteiger partial charge in [0.25, 0.3) is 5.91 Å². The first-order valence-corrected chi connectivity index (χ1v) is 20.8. The van der Waals surface area contributed by atoms with Crippen LogP contribution in [0.2, 0.25) is 0 Å². The van der Waals surface area contributed by atoms with Crippen LogP contribution in [-0.2, 0) is 51.8 Å². The van der Waals surface area contributed by atoms with Crippen LogP contribution in [0, 0.1) is 11.7 Å². The Labute approximate surface area is 331 Å². The van der Waals surface area contributed by atoms with E-state index in [9.17, 15) is 41.6 Å². The zero-order valence-electron chi connectivity index (χ0n) is 32.6. The number of nitrogens with zero attached hydrogens (tertiary/aromatic N) is 3. The first-order valence-electron chi connectivity index (χ1n) is 19.3. The van der Waals surface area contributed by atoms with Crippen LogP contribution in [0.5, 0.6) is 0 Å². The largest absolute Gasteiger partial charge is 0.444 e. The summed E-state index contributed by atoms with van der Waals surface area (Å²) in [5.41, 5.74) is -1.61. The minimum Gasteiger partial charge on any atom is -0.444 e. The number of likely N-dealkylation sites (N-methyl/N-ethyl adjacent to an activating group) is 1. The Morgan fingerprint density at radius 3 is 2.51 bits per heavy atom. The van der Waals surface area contributed by atoms with E-state index in [-0.39, 0.29) is 38.9 Å². The number of hydrogen-bond donors (Lipinski definition) is 3. The summed E-state index contributed by atoms with van der Waals surface area (Å²) in [6.07, 6.45) is 3.96. The molecule has 0 aromatic heterocycles. The molecule has 3 N–H and O–H groups in total. The monoisotopic (exact) mass is 814 g/mol. The highest BCUT2D eigenvalue weighted by molar-refractivity contribution is 7.91. The minimum atomic E-state index is -3.98. The van der Waals surface area contributed by atoms with Gasteiger partial charge in [0, 0.05) is 37.5 Å². The highest BCUT2D eigenvalue weighted by atomic mass is 32.2. The Morgan fingerprint density at radius 1 is 1.11 bits per heavy atom. The van der Waals surface area contributed by atoms with Gasteiger partial charge in [-0.25, -0.2) is 22.4 Å². The number of allylic oxidation sites excluding steroid dienone is 1. The number of sulfonamides is 1. The van der Waals surface area contributed by atoms with Crippen molar-refractivity contribution in [2.24, 2.45) is 5.92 Å². The summed E-state index contributed by atoms with van der Waals surface area (Å²) >= 11 is 0. The van der Waals surface area contributed by atoms with Gasteiger partial charge in [-0.1, -0.05) is 30.9 Å². The zero-order chi connectivity index (χ0) is 41.4. The van der Waals surface area contributed by atoms with Crippen molar-refractivity contribution in [2.45, 2.75) is 126 Å². The van der Waals surface area contributed by atoms with Gasteiger partial charge in [0.2, 0.25) is 27.7 Å². The van der Waals surface area contributed by atoms with Gasteiger partial charge >= 0.3 is 12.2 Å². The smallest absolute Gasteiger partial charge is 0.410 e. The molecule has 6 amide bonds. The van der Waals surface area contributed by atoms with Crippen molar-refractivity contribution in [1.82, 2.24) is 30.1 Å². The van der Waals surface area contributed by atoms with Gasteiger partial charge in [0.15, 0.2) is 0 Å². The van der Waals surface area contributed by atoms with E-state index in [1.807, 2.05) is 6.08 Å². The van der Waals surface area contributed by atoms with Crippen LogP contribution in [0.25, 0.3) is 0 Å². The van der Waals surface area contributed by atoms with E-state index in [2.05, 4.69) is 21.9 Å². The molecule has 0 radical (unpaired) electrons. The molecular formula is C39H51FN6O10S. The number of ether oxygens (including phenoxy) is 2. The number of amides is 6. The van der Waals surface area contributed by atoms with Crippen LogP contribution in [0.1, 0.15) is 83.3 Å². The summed E-state index contributed by atoms with van der Waals surface area (Å²) in [7, 11) is -2.42. The molecule has 1 aromatic carbocycles. The molecule has 3 fully saturated rings. The Hall–Kier alpha value is -5.00. The Bertz CT molecular complexity index is 1970. The number of alkyl carbamates (subject to hydrolysis) is 1. The fraction of sp³-hybridized carbons (Fsp3) is 0.590. The standard InChI is InChI=1S/C39H51FN6O10S/c1-6-32(47)44(5)25-13-9-7-8-12-24-19-39(24,35(50)43-57(53,54)27-15-16-27)42-33(48)31-18-26(55-37(52)45-20-23-11-10-14-29(40)28(23)22-45)21-46(31)34(49)30(17-25)41-36(51)56-38(2,3)4/h6,8,10-12,14,24-27,30-31H,1,7,9,13,15-22H2,2-5H3,(H,41,51)(H,42,48)(H,43,50)/b12-8-/t24-,25?,26+,30-,31-,39+/m0/s1. The van der Waals surface area contributed by atoms with Crippen molar-refractivity contribution in [1.29, 1.82) is 0 Å². The fourth-order valence-corrected chi connectivity index (χ4v) is 9.10. The molecular weight excluding hydrogens is 764 g/mol. The summed E-state index contributed by atoms with van der Waals surface area (Å²) < 4.78 is 53.7. The van der Waals surface area contributed by atoms with Crippen LogP contribution in [-0.4, -0.2) is 113 Å². The second kappa shape index (κ2) is 16.1. The number of nitrogens with one attached hydrogen (secondary N) is 3. The van der Waals surface area contributed by atoms with E-state index in [1.165, 1.54) is 20.8 Å². The first kappa shape index (κ1) is 41.6. The van der Waals surface area contributed by atoms with E-state index in [4.69, 9.17) is 9.47 Å². The van der Waals surface area contributed by atoms with Crippen LogP contribution in [0.3, 0.4) is 0 Å². The molecule has 6 rings (SSSR count). The lowest BCUT2D eigenvalue weighted by atomic mass is 9.98. The summed E-state index contributed by atoms with van der Waals surface area (Å²) in [5.74, 6) is -3.88. The van der Waals surface area contributed by atoms with Crippen LogP contribution >= 0.6 is 0 Å². The van der Waals surface area contributed by atoms with E-state index >= 15 is 0 Å². The third-order valence-electron chi connectivity index (χ3n) is 11.1. The van der Waals surface area contributed by atoms with Crippen molar-refractivity contribution in [2.75, 3.05) is 13.6 Å². The summed E-state index contributed by atoms with van der Waals surface area (Å²) in [4.78, 5) is 86.4. The van der Waals surface area contributed by atoms with Gasteiger partial charge in [0.05, 0.1) is 18.3 Å². The maximum atomic E-state index is 14.8. The van der Waals surface area contributed by atoms with E-state index in [0.717, 1.165) is 6.08 Å². The third kappa shape index (κ3) is 9.42. The van der Waals surface area contributed by atoms with Crippen molar-refractivity contribution in [3.63, 3.8) is 0 Å². The number of rotatable bonds is 7. The maximum absolute atomic E-state index is 14.8. The quantitative estimate of drug-likeness (QED) is 0.272. The molecule has 310 valence electrons. The highest BCUT2D eigenvalue weighted by Crippen LogP contribution is 2.46. The molecule has 5 aliphatic rings. The van der Waals surface area contributed by atoms with Gasteiger partial charge in [-0.15, -0.1) is 0 Å². The van der Waals surface area contributed by atoms with Crippen molar-refractivity contribution >= 4 is 45.8 Å².